The van der Waals surface area contributed by atoms with Gasteiger partial charge < -0.3 is 10.8 Å². The van der Waals surface area contributed by atoms with E-state index in [1.165, 1.54) is 11.3 Å². The largest absolute Gasteiger partial charge is 0.477 e. The molecule has 0 aliphatic carbocycles. The van der Waals surface area contributed by atoms with Gasteiger partial charge in [0, 0.05) is 13.7 Å². The Morgan fingerprint density at radius 2 is 2.21 bits per heavy atom. The van der Waals surface area contributed by atoms with E-state index in [1.54, 1.807) is 6.07 Å². The molecular formula is C9H6INO2S. The lowest BCUT2D eigenvalue weighted by Gasteiger charge is -1.97. The lowest BCUT2D eigenvalue weighted by atomic mass is 10.2. The summed E-state index contributed by atoms with van der Waals surface area (Å²) in [5.41, 5.74) is 6.50. The van der Waals surface area contributed by atoms with Crippen LogP contribution in [0.1, 0.15) is 9.67 Å². The Labute approximate surface area is 97.7 Å². The summed E-state index contributed by atoms with van der Waals surface area (Å²) in [5.74, 6) is -0.902. The summed E-state index contributed by atoms with van der Waals surface area (Å²) < 4.78 is 1.87. The fourth-order valence-corrected chi connectivity index (χ4v) is 2.60. The number of carboxylic acid groups (broad SMARTS) is 1. The number of benzene rings is 1. The molecule has 72 valence electrons. The van der Waals surface area contributed by atoms with E-state index < -0.39 is 5.97 Å². The van der Waals surface area contributed by atoms with E-state index in [4.69, 9.17) is 10.8 Å². The van der Waals surface area contributed by atoms with Crippen LogP contribution in [-0.2, 0) is 0 Å². The van der Waals surface area contributed by atoms with Crippen LogP contribution in [0, 0.1) is 3.57 Å². The van der Waals surface area contributed by atoms with Gasteiger partial charge in [0.25, 0.3) is 0 Å². The van der Waals surface area contributed by atoms with Crippen molar-refractivity contribution in [2.24, 2.45) is 0 Å². The van der Waals surface area contributed by atoms with Gasteiger partial charge in [-0.1, -0.05) is 0 Å². The monoisotopic (exact) mass is 319 g/mol. The van der Waals surface area contributed by atoms with Crippen molar-refractivity contribution in [2.45, 2.75) is 0 Å². The number of carbonyl (C=O) groups is 1. The number of nitrogens with two attached hydrogens (primary N) is 1. The second-order valence-electron chi connectivity index (χ2n) is 2.79. The van der Waals surface area contributed by atoms with E-state index in [0.717, 1.165) is 13.7 Å². The molecule has 0 spiro atoms. The minimum Gasteiger partial charge on any atom is -0.477 e. The van der Waals surface area contributed by atoms with Gasteiger partial charge in [0.2, 0.25) is 0 Å². The van der Waals surface area contributed by atoms with Gasteiger partial charge in [-0.15, -0.1) is 11.3 Å². The van der Waals surface area contributed by atoms with E-state index in [9.17, 15) is 4.79 Å². The van der Waals surface area contributed by atoms with Gasteiger partial charge in [-0.05, 0) is 40.8 Å². The molecule has 14 heavy (non-hydrogen) atoms. The maximum atomic E-state index is 10.7. The van der Waals surface area contributed by atoms with Crippen LogP contribution in [0.15, 0.2) is 18.2 Å². The van der Waals surface area contributed by atoms with E-state index >= 15 is 0 Å². The summed E-state index contributed by atoms with van der Waals surface area (Å²) in [6.07, 6.45) is 0. The number of nitrogen functional groups attached to an aromatic ring is 1. The summed E-state index contributed by atoms with van der Waals surface area (Å²) in [5, 5.41) is 9.65. The molecular weight excluding hydrogens is 313 g/mol. The zero-order valence-corrected chi connectivity index (χ0v) is 9.93. The van der Waals surface area contributed by atoms with Gasteiger partial charge in [0.05, 0.1) is 5.69 Å². The number of fused-ring (bicyclic) bond motifs is 1. The Hall–Kier alpha value is -0.820. The third-order valence-electron chi connectivity index (χ3n) is 1.90. The van der Waals surface area contributed by atoms with Crippen LogP contribution in [-0.4, -0.2) is 11.1 Å². The number of thiophene rings is 1. The number of rotatable bonds is 1. The van der Waals surface area contributed by atoms with Gasteiger partial charge in [0.15, 0.2) is 0 Å². The molecule has 2 aromatic rings. The second-order valence-corrected chi connectivity index (χ2v) is 5.03. The minimum absolute atomic E-state index is 0.328. The Balaban J connectivity index is 2.77. The molecule has 0 bridgehead atoms. The van der Waals surface area contributed by atoms with Crippen molar-refractivity contribution < 1.29 is 9.90 Å². The zero-order valence-electron chi connectivity index (χ0n) is 6.95. The van der Waals surface area contributed by atoms with Crippen molar-refractivity contribution in [3.8, 4) is 0 Å². The highest BCUT2D eigenvalue weighted by molar-refractivity contribution is 14.1. The molecule has 2 rings (SSSR count). The molecule has 3 N–H and O–H groups in total. The van der Waals surface area contributed by atoms with Crippen molar-refractivity contribution >= 4 is 55.7 Å². The molecule has 0 saturated carbocycles. The number of anilines is 1. The van der Waals surface area contributed by atoms with E-state index in [1.807, 2.05) is 12.1 Å². The standard InChI is InChI=1S/C9H6INO2S/c10-5-1-2-6-4(8(5)11)3-7(14-6)9(12)13/h1-3H,11H2,(H,12,13). The Morgan fingerprint density at radius 1 is 1.50 bits per heavy atom. The number of hydrogen-bond donors (Lipinski definition) is 2. The van der Waals surface area contributed by atoms with Crippen LogP contribution in [0.5, 0.6) is 0 Å². The van der Waals surface area contributed by atoms with Crippen LogP contribution in [0.25, 0.3) is 10.1 Å². The third-order valence-corrected chi connectivity index (χ3v) is 3.93. The van der Waals surface area contributed by atoms with Crippen molar-refractivity contribution in [3.63, 3.8) is 0 Å². The molecule has 0 aliphatic rings. The maximum Gasteiger partial charge on any atom is 0.345 e. The third kappa shape index (κ3) is 1.46. The fourth-order valence-electron chi connectivity index (χ4n) is 1.21. The quantitative estimate of drug-likeness (QED) is 0.627. The van der Waals surface area contributed by atoms with E-state index in [-0.39, 0.29) is 0 Å². The minimum atomic E-state index is -0.902. The lowest BCUT2D eigenvalue weighted by molar-refractivity contribution is 0.0702. The molecule has 0 saturated heterocycles. The van der Waals surface area contributed by atoms with Crippen LogP contribution < -0.4 is 5.73 Å². The van der Waals surface area contributed by atoms with Crippen molar-refractivity contribution in [1.82, 2.24) is 0 Å². The van der Waals surface area contributed by atoms with Gasteiger partial charge in [-0.3, -0.25) is 0 Å². The number of halogens is 1. The smallest absolute Gasteiger partial charge is 0.345 e. The second kappa shape index (κ2) is 3.39. The molecule has 1 aromatic carbocycles. The highest BCUT2D eigenvalue weighted by Crippen LogP contribution is 2.32. The van der Waals surface area contributed by atoms with Gasteiger partial charge >= 0.3 is 5.97 Å². The Kier molecular flexibility index (Phi) is 2.36. The maximum absolute atomic E-state index is 10.7. The van der Waals surface area contributed by atoms with Crippen molar-refractivity contribution in [3.05, 3.63) is 26.6 Å². The predicted molar refractivity (Wildman–Crippen MR) is 65.9 cm³/mol. The Morgan fingerprint density at radius 3 is 2.86 bits per heavy atom. The van der Waals surface area contributed by atoms with Gasteiger partial charge in [-0.2, -0.15) is 0 Å². The average Bonchev–Trinajstić information content (AvgIpc) is 2.56. The lowest BCUT2D eigenvalue weighted by Crippen LogP contribution is -1.90. The average molecular weight is 319 g/mol. The first-order valence-corrected chi connectivity index (χ1v) is 5.70. The molecule has 1 heterocycles. The summed E-state index contributed by atoms with van der Waals surface area (Å²) in [6, 6.07) is 5.41. The zero-order chi connectivity index (χ0) is 10.3. The molecule has 0 aliphatic heterocycles. The normalized spacial score (nSPS) is 10.6. The van der Waals surface area contributed by atoms with Crippen molar-refractivity contribution in [2.75, 3.05) is 5.73 Å². The predicted octanol–water partition coefficient (Wildman–Crippen LogP) is 2.79. The molecule has 3 nitrogen and oxygen atoms in total. The van der Waals surface area contributed by atoms with Gasteiger partial charge in [-0.25, -0.2) is 4.79 Å². The van der Waals surface area contributed by atoms with Crippen LogP contribution in [0.4, 0.5) is 5.69 Å². The SMILES string of the molecule is Nc1c(I)ccc2sc(C(=O)O)cc12. The molecule has 1 aromatic heterocycles. The van der Waals surface area contributed by atoms with Crippen LogP contribution in [0.2, 0.25) is 0 Å². The summed E-state index contributed by atoms with van der Waals surface area (Å²) in [7, 11) is 0. The molecule has 0 unspecified atom stereocenters. The van der Waals surface area contributed by atoms with Crippen LogP contribution in [0.3, 0.4) is 0 Å². The summed E-state index contributed by atoms with van der Waals surface area (Å²) in [4.78, 5) is 11.1. The van der Waals surface area contributed by atoms with E-state index in [2.05, 4.69) is 22.6 Å². The summed E-state index contributed by atoms with van der Waals surface area (Å²) >= 11 is 3.38. The highest BCUT2D eigenvalue weighted by atomic mass is 127. The van der Waals surface area contributed by atoms with Crippen LogP contribution >= 0.6 is 33.9 Å². The topological polar surface area (TPSA) is 63.3 Å². The van der Waals surface area contributed by atoms with E-state index in [0.29, 0.717) is 10.6 Å². The highest BCUT2D eigenvalue weighted by Gasteiger charge is 2.11. The number of carboxylic acids is 1. The first-order valence-electron chi connectivity index (χ1n) is 3.80. The fraction of sp³-hybridized carbons (Fsp3) is 0. The summed E-state index contributed by atoms with van der Waals surface area (Å²) in [6.45, 7) is 0. The Bertz CT molecular complexity index is 521. The number of hydrogen-bond acceptors (Lipinski definition) is 3. The number of aromatic carboxylic acids is 1. The molecule has 5 heteroatoms. The molecule has 0 radical (unpaired) electrons. The first kappa shape index (κ1) is 9.72. The first-order chi connectivity index (χ1) is 6.59. The van der Waals surface area contributed by atoms with Crippen molar-refractivity contribution in [1.29, 1.82) is 0 Å². The molecule has 0 amide bonds. The van der Waals surface area contributed by atoms with Gasteiger partial charge in [0.1, 0.15) is 4.88 Å². The molecule has 0 fully saturated rings. The molecule has 0 atom stereocenters.